The van der Waals surface area contributed by atoms with E-state index in [1.165, 1.54) is 38.5 Å². The number of nitrogens with one attached hydrogen (secondary N) is 1. The van der Waals surface area contributed by atoms with Gasteiger partial charge in [0.1, 0.15) is 0 Å². The van der Waals surface area contributed by atoms with Gasteiger partial charge < -0.3 is 5.32 Å². The fourth-order valence-electron chi connectivity index (χ4n) is 2.86. The monoisotopic (exact) mass is 251 g/mol. The maximum atomic E-state index is 4.29. The second kappa shape index (κ2) is 6.83. The maximum absolute atomic E-state index is 4.29. The predicted molar refractivity (Wildman–Crippen MR) is 71.2 cm³/mol. The van der Waals surface area contributed by atoms with Gasteiger partial charge in [0.2, 0.25) is 0 Å². The van der Waals surface area contributed by atoms with Crippen molar-refractivity contribution in [2.24, 2.45) is 13.0 Å². The van der Waals surface area contributed by atoms with Crippen LogP contribution in [0.3, 0.4) is 0 Å². The molecule has 1 saturated carbocycles. The Kier molecular flexibility index (Phi) is 5.11. The number of hydrogen-bond acceptors (Lipinski definition) is 4. The average Bonchev–Trinajstić information content (AvgIpc) is 2.98. The van der Waals surface area contributed by atoms with Crippen molar-refractivity contribution < 1.29 is 0 Å². The summed E-state index contributed by atoms with van der Waals surface area (Å²) >= 11 is 0. The minimum Gasteiger partial charge on any atom is -0.314 e. The van der Waals surface area contributed by atoms with Gasteiger partial charge in [-0.3, -0.25) is 0 Å². The van der Waals surface area contributed by atoms with Crippen LogP contribution in [0.5, 0.6) is 0 Å². The largest absolute Gasteiger partial charge is 0.314 e. The first kappa shape index (κ1) is 13.5. The van der Waals surface area contributed by atoms with Crippen LogP contribution in [0.15, 0.2) is 0 Å². The predicted octanol–water partition coefficient (Wildman–Crippen LogP) is 1.70. The van der Waals surface area contributed by atoms with E-state index >= 15 is 0 Å². The first-order valence-corrected chi connectivity index (χ1v) is 7.24. The van der Waals surface area contributed by atoms with E-state index in [1.807, 2.05) is 7.05 Å². The van der Waals surface area contributed by atoms with E-state index in [9.17, 15) is 0 Å². The van der Waals surface area contributed by atoms with E-state index in [0.29, 0.717) is 6.04 Å². The normalized spacial score (nSPS) is 18.3. The van der Waals surface area contributed by atoms with Gasteiger partial charge in [-0.1, -0.05) is 32.6 Å². The average molecular weight is 251 g/mol. The topological polar surface area (TPSA) is 55.6 Å². The Bertz CT molecular complexity index is 343. The third-order valence-electron chi connectivity index (χ3n) is 3.75. The molecule has 1 atom stereocenters. The summed E-state index contributed by atoms with van der Waals surface area (Å²) in [6.07, 6.45) is 8.97. The van der Waals surface area contributed by atoms with Gasteiger partial charge in [-0.05, 0) is 30.5 Å². The van der Waals surface area contributed by atoms with Crippen molar-refractivity contribution in [2.75, 3.05) is 6.54 Å². The Morgan fingerprint density at radius 3 is 2.78 bits per heavy atom. The Hall–Kier alpha value is -0.970. The van der Waals surface area contributed by atoms with E-state index in [-0.39, 0.29) is 0 Å². The molecular formula is C13H25N5. The summed E-state index contributed by atoms with van der Waals surface area (Å²) in [4.78, 5) is 1.54. The molecule has 1 heterocycles. The lowest BCUT2D eigenvalue weighted by molar-refractivity contribution is 0.380. The van der Waals surface area contributed by atoms with Crippen molar-refractivity contribution in [3.8, 4) is 0 Å². The van der Waals surface area contributed by atoms with Crippen LogP contribution in [-0.2, 0) is 13.5 Å². The summed E-state index contributed by atoms with van der Waals surface area (Å²) in [6.45, 7) is 3.29. The number of rotatable bonds is 7. The van der Waals surface area contributed by atoms with Crippen LogP contribution in [0.1, 0.15) is 51.3 Å². The number of aryl methyl sites for hydroxylation is 1. The Morgan fingerprint density at radius 2 is 2.17 bits per heavy atom. The van der Waals surface area contributed by atoms with Crippen molar-refractivity contribution in [3.05, 3.63) is 5.82 Å². The Balaban J connectivity index is 1.86. The molecule has 1 fully saturated rings. The molecule has 1 aliphatic carbocycles. The number of aromatic nitrogens is 4. The van der Waals surface area contributed by atoms with Gasteiger partial charge in [-0.2, -0.15) is 4.80 Å². The standard InChI is InChI=1S/C13H25N5/c1-3-8-14-12(9-11-6-4-5-7-11)10-13-15-17-18(2)16-13/h11-12,14H,3-10H2,1-2H3. The van der Waals surface area contributed by atoms with Crippen molar-refractivity contribution >= 4 is 0 Å². The van der Waals surface area contributed by atoms with Gasteiger partial charge in [0.15, 0.2) is 5.82 Å². The van der Waals surface area contributed by atoms with Crippen molar-refractivity contribution in [1.29, 1.82) is 0 Å². The maximum Gasteiger partial charge on any atom is 0.176 e. The van der Waals surface area contributed by atoms with Crippen LogP contribution < -0.4 is 5.32 Å². The Morgan fingerprint density at radius 1 is 1.39 bits per heavy atom. The molecule has 0 aliphatic heterocycles. The molecule has 0 aromatic carbocycles. The molecule has 102 valence electrons. The molecule has 1 unspecified atom stereocenters. The second-order valence-electron chi connectivity index (χ2n) is 5.44. The smallest absolute Gasteiger partial charge is 0.176 e. The molecule has 1 aromatic rings. The van der Waals surface area contributed by atoms with Crippen LogP contribution in [-0.4, -0.2) is 32.8 Å². The zero-order valence-corrected chi connectivity index (χ0v) is 11.6. The highest BCUT2D eigenvalue weighted by molar-refractivity contribution is 4.86. The molecule has 1 aromatic heterocycles. The molecule has 1 N–H and O–H groups in total. The van der Waals surface area contributed by atoms with Crippen LogP contribution in [0, 0.1) is 5.92 Å². The van der Waals surface area contributed by atoms with Gasteiger partial charge >= 0.3 is 0 Å². The lowest BCUT2D eigenvalue weighted by Crippen LogP contribution is -2.33. The Labute approximate surface area is 109 Å². The number of tetrazole rings is 1. The molecule has 18 heavy (non-hydrogen) atoms. The van der Waals surface area contributed by atoms with Crippen molar-refractivity contribution in [1.82, 2.24) is 25.5 Å². The highest BCUT2D eigenvalue weighted by Gasteiger charge is 2.21. The van der Waals surface area contributed by atoms with Crippen molar-refractivity contribution in [2.45, 2.75) is 57.9 Å². The highest BCUT2D eigenvalue weighted by atomic mass is 15.6. The third-order valence-corrected chi connectivity index (χ3v) is 3.75. The molecule has 5 nitrogen and oxygen atoms in total. The van der Waals surface area contributed by atoms with E-state index < -0.39 is 0 Å². The van der Waals surface area contributed by atoms with Gasteiger partial charge in [0.05, 0.1) is 7.05 Å². The fourth-order valence-corrected chi connectivity index (χ4v) is 2.86. The van der Waals surface area contributed by atoms with Crippen LogP contribution in [0.25, 0.3) is 0 Å². The molecule has 0 spiro atoms. The van der Waals surface area contributed by atoms with Crippen LogP contribution in [0.4, 0.5) is 0 Å². The molecule has 2 rings (SSSR count). The first-order chi connectivity index (χ1) is 8.78. The van der Waals surface area contributed by atoms with E-state index in [1.54, 1.807) is 4.80 Å². The summed E-state index contributed by atoms with van der Waals surface area (Å²) in [6, 6.07) is 0.511. The zero-order chi connectivity index (χ0) is 12.8. The highest BCUT2D eigenvalue weighted by Crippen LogP contribution is 2.29. The van der Waals surface area contributed by atoms with E-state index in [4.69, 9.17) is 0 Å². The molecule has 0 radical (unpaired) electrons. The van der Waals surface area contributed by atoms with Crippen LogP contribution in [0.2, 0.25) is 0 Å². The molecule has 5 heteroatoms. The van der Waals surface area contributed by atoms with Gasteiger partial charge in [0, 0.05) is 12.5 Å². The summed E-state index contributed by atoms with van der Waals surface area (Å²) in [5.41, 5.74) is 0. The van der Waals surface area contributed by atoms with E-state index in [0.717, 1.165) is 24.7 Å². The third kappa shape index (κ3) is 4.05. The van der Waals surface area contributed by atoms with Crippen molar-refractivity contribution in [3.63, 3.8) is 0 Å². The minimum absolute atomic E-state index is 0.511. The zero-order valence-electron chi connectivity index (χ0n) is 11.6. The lowest BCUT2D eigenvalue weighted by atomic mass is 9.96. The molecule has 1 aliphatic rings. The SMILES string of the molecule is CCCNC(Cc1nnn(C)n1)CC1CCCC1. The number of hydrogen-bond donors (Lipinski definition) is 1. The quantitative estimate of drug-likeness (QED) is 0.801. The second-order valence-corrected chi connectivity index (χ2v) is 5.44. The summed E-state index contributed by atoms with van der Waals surface area (Å²) < 4.78 is 0. The van der Waals surface area contributed by atoms with Gasteiger partial charge in [-0.15, -0.1) is 10.2 Å². The molecular weight excluding hydrogens is 226 g/mol. The minimum atomic E-state index is 0.511. The summed E-state index contributed by atoms with van der Waals surface area (Å²) in [5.74, 6) is 1.76. The fraction of sp³-hybridized carbons (Fsp3) is 0.923. The molecule has 0 saturated heterocycles. The molecule has 0 amide bonds. The van der Waals surface area contributed by atoms with Gasteiger partial charge in [0.25, 0.3) is 0 Å². The van der Waals surface area contributed by atoms with E-state index in [2.05, 4.69) is 27.7 Å². The summed E-state index contributed by atoms with van der Waals surface area (Å²) in [5, 5.41) is 15.9. The van der Waals surface area contributed by atoms with Gasteiger partial charge in [-0.25, -0.2) is 0 Å². The lowest BCUT2D eigenvalue weighted by Gasteiger charge is -2.20. The van der Waals surface area contributed by atoms with Crippen LogP contribution >= 0.6 is 0 Å². The summed E-state index contributed by atoms with van der Waals surface area (Å²) in [7, 11) is 1.82. The first-order valence-electron chi connectivity index (χ1n) is 7.24. The number of nitrogens with zero attached hydrogens (tertiary/aromatic N) is 4. The molecule has 0 bridgehead atoms.